The van der Waals surface area contributed by atoms with Gasteiger partial charge < -0.3 is 4.90 Å². The van der Waals surface area contributed by atoms with Gasteiger partial charge in [-0.2, -0.15) is 0 Å². The smallest absolute Gasteiger partial charge is 0.271 e. The van der Waals surface area contributed by atoms with Crippen molar-refractivity contribution in [3.05, 3.63) is 83.4 Å². The van der Waals surface area contributed by atoms with Crippen LogP contribution in [0.1, 0.15) is 0 Å². The topological polar surface area (TPSA) is 55.2 Å². The average Bonchev–Trinajstić information content (AvgIpc) is 3.16. The minimum absolute atomic E-state index is 0.0499. The highest BCUT2D eigenvalue weighted by Gasteiger charge is 2.15. The van der Waals surface area contributed by atoms with Gasteiger partial charge in [-0.05, 0) is 23.8 Å². The van der Waals surface area contributed by atoms with Gasteiger partial charge in [-0.3, -0.25) is 14.2 Å². The number of benzene rings is 2. The maximum atomic E-state index is 12.8. The largest absolute Gasteiger partial charge is 0.314 e. The van der Waals surface area contributed by atoms with Gasteiger partial charge in [0.2, 0.25) is 5.91 Å². The van der Waals surface area contributed by atoms with E-state index in [0.29, 0.717) is 10.2 Å². The minimum Gasteiger partial charge on any atom is -0.314 e. The fraction of sp³-hybridized carbons (Fsp3) is 0.0952. The third-order valence-corrected chi connectivity index (χ3v) is 5.55. The Hall–Kier alpha value is -3.25. The van der Waals surface area contributed by atoms with E-state index in [1.54, 1.807) is 11.9 Å². The maximum absolute atomic E-state index is 12.8. The van der Waals surface area contributed by atoms with Crippen molar-refractivity contribution in [2.24, 2.45) is 0 Å². The highest BCUT2D eigenvalue weighted by molar-refractivity contribution is 7.22. The first-order valence-electron chi connectivity index (χ1n) is 8.49. The Bertz CT molecular complexity index is 1150. The molecule has 0 atom stereocenters. The van der Waals surface area contributed by atoms with E-state index in [1.807, 2.05) is 66.7 Å². The molecule has 4 rings (SSSR count). The number of hydrogen-bond acceptors (Lipinski definition) is 4. The van der Waals surface area contributed by atoms with E-state index >= 15 is 0 Å². The highest BCUT2D eigenvalue weighted by Crippen LogP contribution is 2.30. The van der Waals surface area contributed by atoms with Gasteiger partial charge in [0.25, 0.3) is 5.56 Å². The lowest BCUT2D eigenvalue weighted by molar-refractivity contribution is -0.118. The van der Waals surface area contributed by atoms with Gasteiger partial charge in [-0.1, -0.05) is 48.5 Å². The summed E-state index contributed by atoms with van der Waals surface area (Å²) in [6.07, 6.45) is 1.45. The number of amides is 1. The van der Waals surface area contributed by atoms with Crippen molar-refractivity contribution >= 4 is 33.1 Å². The van der Waals surface area contributed by atoms with Crippen LogP contribution < -0.4 is 10.5 Å². The Kier molecular flexibility index (Phi) is 4.56. The standard InChI is InChI=1S/C21H17N3O2S/c1-23(16-10-6-3-7-11-16)19(25)13-24-14-22-17-12-18(27-20(17)21(24)26)15-8-4-2-5-9-15/h2-12,14H,13H2,1H3. The summed E-state index contributed by atoms with van der Waals surface area (Å²) >= 11 is 1.40. The van der Waals surface area contributed by atoms with Crippen LogP contribution in [0.5, 0.6) is 0 Å². The van der Waals surface area contributed by atoms with Gasteiger partial charge >= 0.3 is 0 Å². The zero-order valence-corrected chi connectivity index (χ0v) is 15.5. The number of anilines is 1. The summed E-state index contributed by atoms with van der Waals surface area (Å²) in [6, 6.07) is 21.1. The molecule has 6 heteroatoms. The molecular formula is C21H17N3O2S. The van der Waals surface area contributed by atoms with Gasteiger partial charge in [-0.15, -0.1) is 11.3 Å². The van der Waals surface area contributed by atoms with Crippen molar-refractivity contribution in [3.8, 4) is 10.4 Å². The summed E-state index contributed by atoms with van der Waals surface area (Å²) < 4.78 is 1.93. The number of carbonyl (C=O) groups excluding carboxylic acids is 1. The van der Waals surface area contributed by atoms with Crippen LogP contribution in [-0.4, -0.2) is 22.5 Å². The van der Waals surface area contributed by atoms with E-state index in [0.717, 1.165) is 16.1 Å². The van der Waals surface area contributed by atoms with Crippen LogP contribution >= 0.6 is 11.3 Å². The number of aromatic nitrogens is 2. The molecule has 2 aromatic carbocycles. The van der Waals surface area contributed by atoms with Gasteiger partial charge in [0, 0.05) is 17.6 Å². The zero-order chi connectivity index (χ0) is 18.8. The number of thiophene rings is 1. The Morgan fingerprint density at radius 1 is 1.07 bits per heavy atom. The molecule has 0 saturated carbocycles. The molecule has 5 nitrogen and oxygen atoms in total. The molecule has 0 saturated heterocycles. The summed E-state index contributed by atoms with van der Waals surface area (Å²) in [6.45, 7) is -0.0499. The van der Waals surface area contributed by atoms with Crippen LogP contribution in [0.3, 0.4) is 0 Å². The number of carbonyl (C=O) groups is 1. The van der Waals surface area contributed by atoms with Crippen molar-refractivity contribution in [1.82, 2.24) is 9.55 Å². The first-order chi connectivity index (χ1) is 13.1. The molecule has 1 amide bonds. The molecule has 0 aliphatic rings. The molecule has 4 aromatic rings. The van der Waals surface area contributed by atoms with E-state index in [2.05, 4.69) is 4.98 Å². The summed E-state index contributed by atoms with van der Waals surface area (Å²) in [5, 5.41) is 0. The van der Waals surface area contributed by atoms with Gasteiger partial charge in [0.15, 0.2) is 0 Å². The zero-order valence-electron chi connectivity index (χ0n) is 14.7. The lowest BCUT2D eigenvalue weighted by Crippen LogP contribution is -2.33. The maximum Gasteiger partial charge on any atom is 0.271 e. The summed E-state index contributed by atoms with van der Waals surface area (Å²) in [5.74, 6) is -0.177. The SMILES string of the molecule is CN(C(=O)Cn1cnc2cc(-c3ccccc3)sc2c1=O)c1ccccc1. The number of para-hydroxylation sites is 1. The lowest BCUT2D eigenvalue weighted by Gasteiger charge is -2.17. The number of fused-ring (bicyclic) bond motifs is 1. The molecule has 0 unspecified atom stereocenters. The monoisotopic (exact) mass is 375 g/mol. The fourth-order valence-electron chi connectivity index (χ4n) is 2.85. The quantitative estimate of drug-likeness (QED) is 0.545. The second-order valence-electron chi connectivity index (χ2n) is 6.16. The van der Waals surface area contributed by atoms with Crippen LogP contribution in [0.25, 0.3) is 20.7 Å². The third kappa shape index (κ3) is 3.39. The molecule has 0 radical (unpaired) electrons. The number of nitrogens with zero attached hydrogens (tertiary/aromatic N) is 3. The summed E-state index contributed by atoms with van der Waals surface area (Å²) in [5.41, 5.74) is 2.30. The second kappa shape index (κ2) is 7.17. The summed E-state index contributed by atoms with van der Waals surface area (Å²) in [4.78, 5) is 32.3. The molecule has 27 heavy (non-hydrogen) atoms. The molecule has 0 bridgehead atoms. The van der Waals surface area contributed by atoms with Crippen LogP contribution in [-0.2, 0) is 11.3 Å². The Balaban J connectivity index is 1.64. The first-order valence-corrected chi connectivity index (χ1v) is 9.31. The van der Waals surface area contributed by atoms with Crippen molar-refractivity contribution < 1.29 is 4.79 Å². The van der Waals surface area contributed by atoms with E-state index in [-0.39, 0.29) is 18.0 Å². The van der Waals surface area contributed by atoms with Crippen LogP contribution in [0.2, 0.25) is 0 Å². The Morgan fingerprint density at radius 3 is 2.44 bits per heavy atom. The second-order valence-corrected chi connectivity index (χ2v) is 7.21. The molecule has 0 spiro atoms. The van der Waals surface area contributed by atoms with E-state index < -0.39 is 0 Å². The molecule has 0 N–H and O–H groups in total. The Morgan fingerprint density at radius 2 is 1.74 bits per heavy atom. The molecule has 0 fully saturated rings. The number of rotatable bonds is 4. The van der Waals surface area contributed by atoms with Crippen LogP contribution in [0, 0.1) is 0 Å². The van der Waals surface area contributed by atoms with Crippen LogP contribution in [0.4, 0.5) is 5.69 Å². The minimum atomic E-state index is -0.193. The fourth-order valence-corrected chi connectivity index (χ4v) is 3.92. The molecule has 0 aliphatic carbocycles. The molecular weight excluding hydrogens is 358 g/mol. The molecule has 2 aromatic heterocycles. The highest BCUT2D eigenvalue weighted by atomic mass is 32.1. The van der Waals surface area contributed by atoms with E-state index in [9.17, 15) is 9.59 Å². The third-order valence-electron chi connectivity index (χ3n) is 4.39. The van der Waals surface area contributed by atoms with Gasteiger partial charge in [0.05, 0.1) is 11.8 Å². The molecule has 0 aliphatic heterocycles. The first kappa shape index (κ1) is 17.2. The predicted octanol–water partition coefficient (Wildman–Crippen LogP) is 3.79. The lowest BCUT2D eigenvalue weighted by atomic mass is 10.2. The van der Waals surface area contributed by atoms with Crippen molar-refractivity contribution in [3.63, 3.8) is 0 Å². The molecule has 134 valence electrons. The average molecular weight is 375 g/mol. The van der Waals surface area contributed by atoms with Crippen molar-refractivity contribution in [2.45, 2.75) is 6.54 Å². The number of likely N-dealkylation sites (N-methyl/N-ethyl adjacent to an activating group) is 1. The van der Waals surface area contributed by atoms with E-state index in [1.165, 1.54) is 22.2 Å². The van der Waals surface area contributed by atoms with Gasteiger partial charge in [0.1, 0.15) is 11.2 Å². The Labute approximate surface area is 160 Å². The number of hydrogen-bond donors (Lipinski definition) is 0. The van der Waals surface area contributed by atoms with Crippen LogP contribution in [0.15, 0.2) is 77.9 Å². The van der Waals surface area contributed by atoms with Crippen molar-refractivity contribution in [2.75, 3.05) is 11.9 Å². The van der Waals surface area contributed by atoms with E-state index in [4.69, 9.17) is 0 Å². The summed E-state index contributed by atoms with van der Waals surface area (Å²) in [7, 11) is 1.70. The predicted molar refractivity (Wildman–Crippen MR) is 109 cm³/mol. The van der Waals surface area contributed by atoms with Gasteiger partial charge in [-0.25, -0.2) is 4.98 Å². The normalized spacial score (nSPS) is 10.9. The molecule has 2 heterocycles. The van der Waals surface area contributed by atoms with Crippen molar-refractivity contribution in [1.29, 1.82) is 0 Å².